The number of thiophene rings is 1. The van der Waals surface area contributed by atoms with Crippen molar-refractivity contribution in [2.45, 2.75) is 27.0 Å². The molecular weight excluding hydrogens is 416 g/mol. The number of ether oxygens (including phenoxy) is 1. The topological polar surface area (TPSA) is 32.8 Å². The molecule has 0 radical (unpaired) electrons. The van der Waals surface area contributed by atoms with Crippen LogP contribution in [0.3, 0.4) is 0 Å². The lowest BCUT2D eigenvalue weighted by Gasteiger charge is -2.34. The highest BCUT2D eigenvalue weighted by Crippen LogP contribution is 2.23. The molecule has 1 aliphatic heterocycles. The predicted molar refractivity (Wildman–Crippen MR) is 132 cm³/mol. The minimum absolute atomic E-state index is 0.130. The second-order valence-electron chi connectivity index (χ2n) is 8.20. The van der Waals surface area contributed by atoms with Crippen LogP contribution >= 0.6 is 11.3 Å². The molecule has 0 N–H and O–H groups in total. The number of hydrogen-bond donors (Lipinski definition) is 0. The maximum Gasteiger partial charge on any atom is 0.264 e. The Morgan fingerprint density at radius 2 is 1.84 bits per heavy atom. The van der Waals surface area contributed by atoms with E-state index in [0.717, 1.165) is 54.5 Å². The fourth-order valence-corrected chi connectivity index (χ4v) is 4.85. The Hall–Kier alpha value is -2.89. The van der Waals surface area contributed by atoms with Crippen LogP contribution in [0.2, 0.25) is 0 Å². The van der Waals surface area contributed by atoms with Gasteiger partial charge in [-0.15, -0.1) is 11.3 Å². The molecule has 0 unspecified atom stereocenters. The van der Waals surface area contributed by atoms with Crippen LogP contribution in [0.4, 0.5) is 0 Å². The largest absolute Gasteiger partial charge is 0.488 e. The number of hydrogen-bond acceptors (Lipinski definition) is 4. The number of aryl methyl sites for hydroxylation is 1. The van der Waals surface area contributed by atoms with Crippen molar-refractivity contribution in [1.82, 2.24) is 9.80 Å². The van der Waals surface area contributed by atoms with E-state index in [-0.39, 0.29) is 5.91 Å². The van der Waals surface area contributed by atoms with Crippen LogP contribution < -0.4 is 4.74 Å². The van der Waals surface area contributed by atoms with Crippen molar-refractivity contribution >= 4 is 23.3 Å². The number of benzene rings is 2. The normalized spacial score (nSPS) is 14.8. The second kappa shape index (κ2) is 10.6. The van der Waals surface area contributed by atoms with Crippen molar-refractivity contribution in [3.63, 3.8) is 0 Å². The van der Waals surface area contributed by atoms with Gasteiger partial charge in [0.25, 0.3) is 5.91 Å². The van der Waals surface area contributed by atoms with Crippen LogP contribution in [0.25, 0.3) is 6.08 Å². The molecule has 4 nitrogen and oxygen atoms in total. The summed E-state index contributed by atoms with van der Waals surface area (Å²) in [6, 6.07) is 18.6. The summed E-state index contributed by atoms with van der Waals surface area (Å²) in [6.45, 7) is 8.88. The molecule has 0 saturated carbocycles. The number of piperazine rings is 1. The lowest BCUT2D eigenvalue weighted by molar-refractivity contribution is 0.0633. The molecule has 4 rings (SSSR count). The van der Waals surface area contributed by atoms with Gasteiger partial charge in [0.15, 0.2) is 0 Å². The van der Waals surface area contributed by atoms with Gasteiger partial charge in [-0.3, -0.25) is 9.69 Å². The number of rotatable bonds is 7. The van der Waals surface area contributed by atoms with Crippen LogP contribution in [0, 0.1) is 6.92 Å². The molecule has 0 atom stereocenters. The van der Waals surface area contributed by atoms with Gasteiger partial charge in [0.1, 0.15) is 12.4 Å². The zero-order chi connectivity index (χ0) is 22.3. The molecule has 0 aliphatic carbocycles. The van der Waals surface area contributed by atoms with E-state index in [4.69, 9.17) is 4.74 Å². The Labute approximate surface area is 194 Å². The van der Waals surface area contributed by atoms with Crippen LogP contribution in [0.15, 0.2) is 66.1 Å². The van der Waals surface area contributed by atoms with Crippen LogP contribution in [-0.4, -0.2) is 41.9 Å². The Morgan fingerprint density at radius 1 is 1.03 bits per heavy atom. The monoisotopic (exact) mass is 446 g/mol. The van der Waals surface area contributed by atoms with Gasteiger partial charge in [0.05, 0.1) is 4.88 Å². The van der Waals surface area contributed by atoms with Gasteiger partial charge in [0.2, 0.25) is 0 Å². The molecule has 5 heteroatoms. The Balaban J connectivity index is 1.29. The maximum absolute atomic E-state index is 13.0. The molecule has 1 aliphatic rings. The minimum atomic E-state index is 0.130. The average molecular weight is 447 g/mol. The fourth-order valence-electron chi connectivity index (χ4n) is 3.99. The van der Waals surface area contributed by atoms with Crippen LogP contribution in [0.1, 0.15) is 38.8 Å². The number of carbonyl (C=O) groups excluding carboxylic acids is 1. The fraction of sp³-hybridized carbons (Fsp3) is 0.296. The molecule has 1 fully saturated rings. The van der Waals surface area contributed by atoms with E-state index in [1.54, 1.807) is 0 Å². The summed E-state index contributed by atoms with van der Waals surface area (Å²) in [5.74, 6) is 0.986. The maximum atomic E-state index is 13.0. The number of amides is 1. The first kappa shape index (κ1) is 22.3. The SMILES string of the molecule is C/C=C/c1ccccc1OCc1csc(C(=O)N2CCN(Cc3cccc(C)c3)CC2)c1. The summed E-state index contributed by atoms with van der Waals surface area (Å²) in [7, 11) is 0. The third-order valence-electron chi connectivity index (χ3n) is 5.67. The molecule has 1 aromatic heterocycles. The van der Waals surface area contributed by atoms with E-state index >= 15 is 0 Å². The Morgan fingerprint density at radius 3 is 2.62 bits per heavy atom. The highest BCUT2D eigenvalue weighted by molar-refractivity contribution is 7.12. The summed E-state index contributed by atoms with van der Waals surface area (Å²) in [6.07, 6.45) is 4.04. The van der Waals surface area contributed by atoms with E-state index in [9.17, 15) is 4.79 Å². The van der Waals surface area contributed by atoms with Crippen LogP contribution in [-0.2, 0) is 13.2 Å². The highest BCUT2D eigenvalue weighted by Gasteiger charge is 2.23. The molecular formula is C27H30N2O2S. The van der Waals surface area contributed by atoms with Gasteiger partial charge in [-0.05, 0) is 36.9 Å². The number of carbonyl (C=O) groups is 1. The van der Waals surface area contributed by atoms with Crippen molar-refractivity contribution in [2.75, 3.05) is 26.2 Å². The van der Waals surface area contributed by atoms with Gasteiger partial charge < -0.3 is 9.64 Å². The van der Waals surface area contributed by atoms with Crippen LogP contribution in [0.5, 0.6) is 5.75 Å². The number of nitrogens with zero attached hydrogens (tertiary/aromatic N) is 2. The number of para-hydroxylation sites is 1. The first-order valence-corrected chi connectivity index (χ1v) is 12.0. The third-order valence-corrected chi connectivity index (χ3v) is 6.64. The van der Waals surface area contributed by atoms with Gasteiger partial charge in [0, 0.05) is 43.9 Å². The van der Waals surface area contributed by atoms with Crippen molar-refractivity contribution in [1.29, 1.82) is 0 Å². The summed E-state index contributed by atoms with van der Waals surface area (Å²) in [5, 5.41) is 2.03. The van der Waals surface area contributed by atoms with E-state index < -0.39 is 0 Å². The van der Waals surface area contributed by atoms with Gasteiger partial charge in [-0.25, -0.2) is 0 Å². The molecule has 166 valence electrons. The molecule has 0 bridgehead atoms. The van der Waals surface area contributed by atoms with Crippen molar-refractivity contribution in [3.8, 4) is 5.75 Å². The molecule has 0 spiro atoms. The zero-order valence-electron chi connectivity index (χ0n) is 18.8. The summed E-state index contributed by atoms with van der Waals surface area (Å²) < 4.78 is 6.02. The Kier molecular flexibility index (Phi) is 7.40. The number of allylic oxidation sites excluding steroid dienone is 1. The molecule has 2 heterocycles. The van der Waals surface area contributed by atoms with E-state index in [0.29, 0.717) is 6.61 Å². The minimum Gasteiger partial charge on any atom is -0.488 e. The van der Waals surface area contributed by atoms with Crippen molar-refractivity contribution in [2.24, 2.45) is 0 Å². The third kappa shape index (κ3) is 5.67. The molecule has 32 heavy (non-hydrogen) atoms. The molecule has 2 aromatic carbocycles. The van der Waals surface area contributed by atoms with Crippen molar-refractivity contribution < 1.29 is 9.53 Å². The molecule has 1 amide bonds. The molecule has 1 saturated heterocycles. The average Bonchev–Trinajstić information content (AvgIpc) is 3.28. The van der Waals surface area contributed by atoms with E-state index in [2.05, 4.69) is 36.1 Å². The zero-order valence-corrected chi connectivity index (χ0v) is 19.6. The van der Waals surface area contributed by atoms with E-state index in [1.165, 1.54) is 22.5 Å². The van der Waals surface area contributed by atoms with Gasteiger partial charge in [-0.1, -0.05) is 60.2 Å². The van der Waals surface area contributed by atoms with Gasteiger partial charge in [-0.2, -0.15) is 0 Å². The van der Waals surface area contributed by atoms with Crippen molar-refractivity contribution in [3.05, 3.63) is 93.2 Å². The highest BCUT2D eigenvalue weighted by atomic mass is 32.1. The summed E-state index contributed by atoms with van der Waals surface area (Å²) in [4.78, 5) is 18.2. The first-order chi connectivity index (χ1) is 15.6. The second-order valence-corrected chi connectivity index (χ2v) is 9.11. The van der Waals surface area contributed by atoms with E-state index in [1.807, 2.05) is 59.7 Å². The predicted octanol–water partition coefficient (Wildman–Crippen LogP) is 5.63. The summed E-state index contributed by atoms with van der Waals surface area (Å²) >= 11 is 1.51. The molecule has 3 aromatic rings. The van der Waals surface area contributed by atoms with Gasteiger partial charge >= 0.3 is 0 Å². The smallest absolute Gasteiger partial charge is 0.264 e. The lowest BCUT2D eigenvalue weighted by Crippen LogP contribution is -2.48. The Bertz CT molecular complexity index is 1080. The standard InChI is InChI=1S/C27H30N2O2S/c1-3-7-24-10-4-5-11-25(24)31-19-23-17-26(32-20-23)27(30)29-14-12-28(13-15-29)18-22-9-6-8-21(2)16-22/h3-11,16-17,20H,12-15,18-19H2,1-2H3/b7-3+. The quantitative estimate of drug-likeness (QED) is 0.472. The first-order valence-electron chi connectivity index (χ1n) is 11.1. The summed E-state index contributed by atoms with van der Waals surface area (Å²) in [5.41, 5.74) is 4.72. The lowest BCUT2D eigenvalue weighted by atomic mass is 10.1.